The van der Waals surface area contributed by atoms with Gasteiger partial charge in [0.05, 0.1) is 32.7 Å². The van der Waals surface area contributed by atoms with Gasteiger partial charge in [0, 0.05) is 0 Å². The zero-order valence-electron chi connectivity index (χ0n) is 9.09. The second-order valence-electron chi connectivity index (χ2n) is 3.81. The first-order valence-corrected chi connectivity index (χ1v) is 6.89. The number of nitrogens with zero attached hydrogens (tertiary/aromatic N) is 2. The number of aromatic nitrogens is 1. The van der Waals surface area contributed by atoms with Crippen LogP contribution in [0.25, 0.3) is 0 Å². The molecule has 1 aromatic carbocycles. The first-order chi connectivity index (χ1) is 8.68. The predicted molar refractivity (Wildman–Crippen MR) is 70.5 cm³/mol. The molecule has 3 rings (SSSR count). The van der Waals surface area contributed by atoms with Crippen LogP contribution in [-0.4, -0.2) is 21.7 Å². The Hall–Kier alpha value is -1.53. The highest BCUT2D eigenvalue weighted by Gasteiger charge is 2.35. The fourth-order valence-electron chi connectivity index (χ4n) is 1.89. The Morgan fingerprint density at radius 1 is 1.17 bits per heavy atom. The molecule has 1 aromatic heterocycles. The van der Waals surface area contributed by atoms with Crippen molar-refractivity contribution in [1.29, 1.82) is 0 Å². The molecule has 0 fully saturated rings. The minimum absolute atomic E-state index is 0.205. The summed E-state index contributed by atoms with van der Waals surface area (Å²) in [4.78, 5) is 29.6. The standard InChI is InChI=1S/C12H7BrN2O2S/c13-10-9(14-6-18-10)5-15-11(16)7-3-1-2-4-8(7)12(15)17/h1-4,6H,5H2. The van der Waals surface area contributed by atoms with Gasteiger partial charge < -0.3 is 0 Å². The second kappa shape index (κ2) is 4.29. The number of fused-ring (bicyclic) bond motifs is 1. The summed E-state index contributed by atoms with van der Waals surface area (Å²) in [6.45, 7) is 0.205. The molecule has 2 heterocycles. The van der Waals surface area contributed by atoms with Crippen molar-refractivity contribution in [3.8, 4) is 0 Å². The molecule has 0 spiro atoms. The lowest BCUT2D eigenvalue weighted by Gasteiger charge is -2.12. The van der Waals surface area contributed by atoms with E-state index in [1.807, 2.05) is 0 Å². The van der Waals surface area contributed by atoms with Crippen LogP contribution >= 0.6 is 27.3 Å². The number of amides is 2. The Balaban J connectivity index is 1.95. The maximum absolute atomic E-state index is 12.1. The number of rotatable bonds is 2. The van der Waals surface area contributed by atoms with E-state index >= 15 is 0 Å². The van der Waals surface area contributed by atoms with Crippen molar-refractivity contribution in [2.45, 2.75) is 6.54 Å². The van der Waals surface area contributed by atoms with E-state index in [0.29, 0.717) is 16.8 Å². The van der Waals surface area contributed by atoms with Crippen LogP contribution in [0.1, 0.15) is 26.4 Å². The fourth-order valence-corrected chi connectivity index (χ4v) is 2.89. The maximum atomic E-state index is 12.1. The van der Waals surface area contributed by atoms with Crippen molar-refractivity contribution in [2.24, 2.45) is 0 Å². The average Bonchev–Trinajstić information content (AvgIpc) is 2.89. The normalized spacial score (nSPS) is 14.2. The third kappa shape index (κ3) is 1.69. The van der Waals surface area contributed by atoms with Crippen LogP contribution in [0, 0.1) is 0 Å². The molecule has 0 aliphatic carbocycles. The zero-order chi connectivity index (χ0) is 12.7. The molecule has 0 unspecified atom stereocenters. The Kier molecular flexibility index (Phi) is 2.76. The van der Waals surface area contributed by atoms with Gasteiger partial charge in [0.15, 0.2) is 0 Å². The number of thiazole rings is 1. The summed E-state index contributed by atoms with van der Waals surface area (Å²) < 4.78 is 0.846. The summed E-state index contributed by atoms with van der Waals surface area (Å²) in [7, 11) is 0. The number of imide groups is 1. The largest absolute Gasteiger partial charge is 0.269 e. The Bertz CT molecular complexity index is 618. The number of halogens is 1. The van der Waals surface area contributed by atoms with Gasteiger partial charge in [0.25, 0.3) is 11.8 Å². The Morgan fingerprint density at radius 2 is 1.78 bits per heavy atom. The second-order valence-corrected chi connectivity index (χ2v) is 5.99. The van der Waals surface area contributed by atoms with Crippen molar-refractivity contribution >= 4 is 39.1 Å². The molecule has 2 amide bonds. The van der Waals surface area contributed by atoms with Crippen LogP contribution in [0.4, 0.5) is 0 Å². The van der Waals surface area contributed by atoms with E-state index in [0.717, 1.165) is 3.79 Å². The monoisotopic (exact) mass is 322 g/mol. The molecule has 0 atom stereocenters. The predicted octanol–water partition coefficient (Wildman–Crippen LogP) is 2.70. The van der Waals surface area contributed by atoms with Crippen molar-refractivity contribution in [2.75, 3.05) is 0 Å². The van der Waals surface area contributed by atoms with Gasteiger partial charge >= 0.3 is 0 Å². The van der Waals surface area contributed by atoms with Gasteiger partial charge in [-0.25, -0.2) is 4.98 Å². The summed E-state index contributed by atoms with van der Waals surface area (Å²) in [5.74, 6) is -0.508. The molecule has 0 N–H and O–H groups in total. The lowest BCUT2D eigenvalue weighted by Crippen LogP contribution is -2.29. The van der Waals surface area contributed by atoms with Crippen molar-refractivity contribution < 1.29 is 9.59 Å². The van der Waals surface area contributed by atoms with E-state index in [9.17, 15) is 9.59 Å². The van der Waals surface area contributed by atoms with E-state index in [-0.39, 0.29) is 18.4 Å². The minimum Gasteiger partial charge on any atom is -0.269 e. The third-order valence-electron chi connectivity index (χ3n) is 2.78. The van der Waals surface area contributed by atoms with Gasteiger partial charge in [-0.15, -0.1) is 11.3 Å². The van der Waals surface area contributed by atoms with E-state index in [2.05, 4.69) is 20.9 Å². The highest BCUT2D eigenvalue weighted by molar-refractivity contribution is 9.11. The molecule has 1 aliphatic rings. The van der Waals surface area contributed by atoms with Crippen LogP contribution in [0.5, 0.6) is 0 Å². The lowest BCUT2D eigenvalue weighted by atomic mass is 10.1. The fraction of sp³-hybridized carbons (Fsp3) is 0.0833. The maximum Gasteiger partial charge on any atom is 0.261 e. The minimum atomic E-state index is -0.254. The molecule has 2 aromatic rings. The topological polar surface area (TPSA) is 50.3 Å². The number of benzene rings is 1. The van der Waals surface area contributed by atoms with Gasteiger partial charge in [0.1, 0.15) is 0 Å². The average molecular weight is 323 g/mol. The Morgan fingerprint density at radius 3 is 2.28 bits per heavy atom. The summed E-state index contributed by atoms with van der Waals surface area (Å²) >= 11 is 4.79. The van der Waals surface area contributed by atoms with Crippen LogP contribution in [0.15, 0.2) is 33.6 Å². The van der Waals surface area contributed by atoms with Gasteiger partial charge in [-0.1, -0.05) is 12.1 Å². The van der Waals surface area contributed by atoms with Crippen molar-refractivity contribution in [1.82, 2.24) is 9.88 Å². The van der Waals surface area contributed by atoms with Crippen LogP contribution in [0.2, 0.25) is 0 Å². The number of hydrogen-bond donors (Lipinski definition) is 0. The smallest absolute Gasteiger partial charge is 0.261 e. The van der Waals surface area contributed by atoms with E-state index < -0.39 is 0 Å². The molecule has 0 saturated heterocycles. The van der Waals surface area contributed by atoms with Crippen LogP contribution in [-0.2, 0) is 6.54 Å². The molecule has 1 aliphatic heterocycles. The molecular formula is C12H7BrN2O2S. The molecular weight excluding hydrogens is 316 g/mol. The Labute approximate surface area is 115 Å². The number of carbonyl (C=O) groups is 2. The first-order valence-electron chi connectivity index (χ1n) is 5.21. The molecule has 90 valence electrons. The van der Waals surface area contributed by atoms with E-state index in [1.54, 1.807) is 29.8 Å². The quantitative estimate of drug-likeness (QED) is 0.799. The highest BCUT2D eigenvalue weighted by Crippen LogP contribution is 2.27. The van der Waals surface area contributed by atoms with Gasteiger partial charge in [0.2, 0.25) is 0 Å². The molecule has 4 nitrogen and oxygen atoms in total. The summed E-state index contributed by atoms with van der Waals surface area (Å²) in [5.41, 5.74) is 3.31. The van der Waals surface area contributed by atoms with Crippen LogP contribution < -0.4 is 0 Å². The molecule has 6 heteroatoms. The molecule has 18 heavy (non-hydrogen) atoms. The number of hydrogen-bond acceptors (Lipinski definition) is 4. The van der Waals surface area contributed by atoms with Crippen LogP contribution in [0.3, 0.4) is 0 Å². The first kappa shape index (κ1) is 11.6. The summed E-state index contributed by atoms with van der Waals surface area (Å²) in [5, 5.41) is 0. The summed E-state index contributed by atoms with van der Waals surface area (Å²) in [6.07, 6.45) is 0. The van der Waals surface area contributed by atoms with E-state index in [4.69, 9.17) is 0 Å². The van der Waals surface area contributed by atoms with E-state index in [1.165, 1.54) is 16.2 Å². The molecule has 0 bridgehead atoms. The van der Waals surface area contributed by atoms with Crippen molar-refractivity contribution in [3.63, 3.8) is 0 Å². The zero-order valence-corrected chi connectivity index (χ0v) is 11.5. The molecule has 0 radical (unpaired) electrons. The highest BCUT2D eigenvalue weighted by atomic mass is 79.9. The SMILES string of the molecule is O=C1c2ccccc2C(=O)N1Cc1ncsc1Br. The van der Waals surface area contributed by atoms with Gasteiger partial charge in [-0.05, 0) is 28.1 Å². The number of carbonyl (C=O) groups excluding carboxylic acids is 2. The van der Waals surface area contributed by atoms with Gasteiger partial charge in [-0.3, -0.25) is 14.5 Å². The third-order valence-corrected chi connectivity index (χ3v) is 4.45. The molecule has 0 saturated carbocycles. The lowest BCUT2D eigenvalue weighted by molar-refractivity contribution is 0.0640. The summed E-state index contributed by atoms with van der Waals surface area (Å²) in [6, 6.07) is 6.86. The van der Waals surface area contributed by atoms with Crippen molar-refractivity contribution in [3.05, 3.63) is 50.4 Å². The van der Waals surface area contributed by atoms with Gasteiger partial charge in [-0.2, -0.15) is 0 Å².